The Labute approximate surface area is 118 Å². The first kappa shape index (κ1) is 16.3. The predicted octanol–water partition coefficient (Wildman–Crippen LogP) is 2.16. The summed E-state index contributed by atoms with van der Waals surface area (Å²) in [7, 11) is -1.15. The highest BCUT2D eigenvalue weighted by molar-refractivity contribution is 7.85. The topological polar surface area (TPSA) is 49.3 Å². The SMILES string of the molecule is Cc1ccc(S(=O)CC(O)CNC(C)(C)C)c(C)c1. The van der Waals surface area contributed by atoms with E-state index in [1.165, 1.54) is 0 Å². The van der Waals surface area contributed by atoms with Gasteiger partial charge in [0.25, 0.3) is 0 Å². The third kappa shape index (κ3) is 5.85. The minimum absolute atomic E-state index is 0.0394. The summed E-state index contributed by atoms with van der Waals surface area (Å²) >= 11 is 0. The van der Waals surface area contributed by atoms with Gasteiger partial charge in [0.1, 0.15) is 0 Å². The second-order valence-corrected chi connectivity index (χ2v) is 7.53. The molecule has 0 saturated heterocycles. The van der Waals surface area contributed by atoms with Gasteiger partial charge in [-0.1, -0.05) is 17.7 Å². The van der Waals surface area contributed by atoms with Gasteiger partial charge in [-0.25, -0.2) is 0 Å². The largest absolute Gasteiger partial charge is 0.391 e. The van der Waals surface area contributed by atoms with E-state index in [2.05, 4.69) is 5.32 Å². The van der Waals surface area contributed by atoms with Gasteiger partial charge in [-0.05, 0) is 46.2 Å². The zero-order chi connectivity index (χ0) is 14.6. The van der Waals surface area contributed by atoms with Gasteiger partial charge >= 0.3 is 0 Å². The third-order valence-electron chi connectivity index (χ3n) is 2.79. The zero-order valence-electron chi connectivity index (χ0n) is 12.5. The number of aliphatic hydroxyl groups is 1. The van der Waals surface area contributed by atoms with Crippen molar-refractivity contribution >= 4 is 10.8 Å². The number of benzene rings is 1. The highest BCUT2D eigenvalue weighted by Crippen LogP contribution is 2.15. The molecule has 108 valence electrons. The Morgan fingerprint density at radius 3 is 2.47 bits per heavy atom. The summed E-state index contributed by atoms with van der Waals surface area (Å²) < 4.78 is 12.2. The second-order valence-electron chi connectivity index (χ2n) is 6.07. The molecule has 0 aliphatic rings. The molecular weight excluding hydrogens is 258 g/mol. The van der Waals surface area contributed by atoms with Crippen molar-refractivity contribution in [3.8, 4) is 0 Å². The minimum Gasteiger partial charge on any atom is -0.391 e. The van der Waals surface area contributed by atoms with Gasteiger partial charge in [0.2, 0.25) is 0 Å². The first-order chi connectivity index (χ1) is 8.69. The Morgan fingerprint density at radius 2 is 1.95 bits per heavy atom. The molecule has 2 unspecified atom stereocenters. The summed E-state index contributed by atoms with van der Waals surface area (Å²) in [5.74, 6) is 0.271. The van der Waals surface area contributed by atoms with Gasteiger partial charge in [0.05, 0.1) is 22.7 Å². The molecule has 0 aromatic heterocycles. The van der Waals surface area contributed by atoms with Crippen LogP contribution in [0.2, 0.25) is 0 Å². The number of aryl methyl sites for hydroxylation is 2. The van der Waals surface area contributed by atoms with E-state index in [1.54, 1.807) is 0 Å². The number of hydrogen-bond donors (Lipinski definition) is 2. The van der Waals surface area contributed by atoms with Gasteiger partial charge in [-0.15, -0.1) is 0 Å². The monoisotopic (exact) mass is 283 g/mol. The molecule has 19 heavy (non-hydrogen) atoms. The minimum atomic E-state index is -1.15. The smallest absolute Gasteiger partial charge is 0.0783 e. The van der Waals surface area contributed by atoms with Gasteiger partial charge in [-0.2, -0.15) is 0 Å². The Morgan fingerprint density at radius 1 is 1.32 bits per heavy atom. The van der Waals surface area contributed by atoms with Crippen molar-refractivity contribution in [2.75, 3.05) is 12.3 Å². The van der Waals surface area contributed by atoms with Crippen molar-refractivity contribution in [2.45, 2.75) is 51.2 Å². The predicted molar refractivity (Wildman–Crippen MR) is 81.0 cm³/mol. The lowest BCUT2D eigenvalue weighted by Crippen LogP contribution is -2.42. The van der Waals surface area contributed by atoms with Crippen LogP contribution in [0.25, 0.3) is 0 Å². The molecule has 2 atom stereocenters. The third-order valence-corrected chi connectivity index (χ3v) is 4.42. The Balaban J connectivity index is 2.59. The molecule has 0 radical (unpaired) electrons. The standard InChI is InChI=1S/C15H25NO2S/c1-11-6-7-14(12(2)8-11)19(18)10-13(17)9-16-15(3,4)5/h6-8,13,16-17H,9-10H2,1-5H3. The Kier molecular flexibility index (Phi) is 5.71. The van der Waals surface area contributed by atoms with Crippen LogP contribution in [-0.4, -0.2) is 33.3 Å². The van der Waals surface area contributed by atoms with Crippen molar-refractivity contribution in [3.63, 3.8) is 0 Å². The number of hydrogen-bond acceptors (Lipinski definition) is 3. The van der Waals surface area contributed by atoms with E-state index in [4.69, 9.17) is 0 Å². The van der Waals surface area contributed by atoms with E-state index in [9.17, 15) is 9.32 Å². The van der Waals surface area contributed by atoms with Crippen molar-refractivity contribution in [2.24, 2.45) is 0 Å². The normalized spacial score (nSPS) is 15.3. The Bertz CT molecular complexity index is 452. The van der Waals surface area contributed by atoms with Crippen molar-refractivity contribution in [1.29, 1.82) is 0 Å². The van der Waals surface area contributed by atoms with Crippen molar-refractivity contribution < 1.29 is 9.32 Å². The molecule has 1 aromatic carbocycles. The number of rotatable bonds is 5. The summed E-state index contributed by atoms with van der Waals surface area (Å²) in [6.45, 7) is 10.6. The lowest BCUT2D eigenvalue weighted by molar-refractivity contribution is 0.182. The lowest BCUT2D eigenvalue weighted by Gasteiger charge is -2.22. The fourth-order valence-corrected chi connectivity index (χ4v) is 3.09. The van der Waals surface area contributed by atoms with Crippen LogP contribution in [-0.2, 0) is 10.8 Å². The molecule has 0 spiro atoms. The molecule has 1 rings (SSSR count). The van der Waals surface area contributed by atoms with E-state index >= 15 is 0 Å². The zero-order valence-corrected chi connectivity index (χ0v) is 13.3. The van der Waals surface area contributed by atoms with E-state index in [0.29, 0.717) is 6.54 Å². The first-order valence-electron chi connectivity index (χ1n) is 6.58. The number of β-amino-alcohol motifs (C(OH)–C–C–N with tert-alkyl or cyclic N) is 1. The van der Waals surface area contributed by atoms with Crippen LogP contribution in [0, 0.1) is 13.8 Å². The van der Waals surface area contributed by atoms with Gasteiger partial charge in [0.15, 0.2) is 0 Å². The lowest BCUT2D eigenvalue weighted by atomic mass is 10.1. The maximum Gasteiger partial charge on any atom is 0.0783 e. The molecule has 0 fully saturated rings. The van der Waals surface area contributed by atoms with Crippen LogP contribution in [0.1, 0.15) is 31.9 Å². The van der Waals surface area contributed by atoms with Crippen LogP contribution >= 0.6 is 0 Å². The average Bonchev–Trinajstić information content (AvgIpc) is 2.25. The van der Waals surface area contributed by atoms with Gasteiger partial charge in [0, 0.05) is 17.0 Å². The molecule has 0 aliphatic carbocycles. The summed E-state index contributed by atoms with van der Waals surface area (Å²) in [5, 5.41) is 13.2. The van der Waals surface area contributed by atoms with Crippen LogP contribution in [0.3, 0.4) is 0 Å². The summed E-state index contributed by atoms with van der Waals surface area (Å²) in [6, 6.07) is 5.87. The number of aliphatic hydroxyl groups excluding tert-OH is 1. The van der Waals surface area contributed by atoms with Crippen molar-refractivity contribution in [3.05, 3.63) is 29.3 Å². The molecule has 4 heteroatoms. The van der Waals surface area contributed by atoms with E-state index < -0.39 is 16.9 Å². The quantitative estimate of drug-likeness (QED) is 0.870. The maximum atomic E-state index is 12.2. The first-order valence-corrected chi connectivity index (χ1v) is 7.89. The molecule has 0 bridgehead atoms. The molecule has 1 aromatic rings. The molecule has 3 nitrogen and oxygen atoms in total. The van der Waals surface area contributed by atoms with Crippen LogP contribution in [0.5, 0.6) is 0 Å². The number of nitrogens with one attached hydrogen (secondary N) is 1. The summed E-state index contributed by atoms with van der Waals surface area (Å²) in [6.07, 6.45) is -0.597. The fourth-order valence-electron chi connectivity index (χ4n) is 1.80. The van der Waals surface area contributed by atoms with Gasteiger partial charge in [-0.3, -0.25) is 4.21 Å². The molecule has 0 amide bonds. The molecule has 0 heterocycles. The van der Waals surface area contributed by atoms with E-state index in [0.717, 1.165) is 16.0 Å². The van der Waals surface area contributed by atoms with Crippen molar-refractivity contribution in [1.82, 2.24) is 5.32 Å². The summed E-state index contributed by atoms with van der Waals surface area (Å²) in [4.78, 5) is 0.820. The summed E-state index contributed by atoms with van der Waals surface area (Å²) in [5.41, 5.74) is 2.14. The highest BCUT2D eigenvalue weighted by Gasteiger charge is 2.16. The fraction of sp³-hybridized carbons (Fsp3) is 0.600. The highest BCUT2D eigenvalue weighted by atomic mass is 32.2. The van der Waals surface area contributed by atoms with Crippen LogP contribution in [0.15, 0.2) is 23.1 Å². The van der Waals surface area contributed by atoms with Crippen LogP contribution < -0.4 is 5.32 Å². The van der Waals surface area contributed by atoms with Crippen LogP contribution in [0.4, 0.5) is 0 Å². The molecule has 0 saturated carbocycles. The van der Waals surface area contributed by atoms with E-state index in [-0.39, 0.29) is 11.3 Å². The van der Waals surface area contributed by atoms with Gasteiger partial charge < -0.3 is 10.4 Å². The Hall–Kier alpha value is -0.710. The maximum absolute atomic E-state index is 12.2. The van der Waals surface area contributed by atoms with E-state index in [1.807, 2.05) is 52.8 Å². The average molecular weight is 283 g/mol. The second kappa shape index (κ2) is 6.64. The molecule has 2 N–H and O–H groups in total. The molecular formula is C15H25NO2S. The molecule has 0 aliphatic heterocycles.